The van der Waals surface area contributed by atoms with Gasteiger partial charge in [-0.15, -0.1) is 0 Å². The number of hydrogen-bond acceptors (Lipinski definition) is 21. The maximum atomic E-state index is 11.0. The van der Waals surface area contributed by atoms with Crippen LogP contribution in [0.25, 0.3) is 0 Å². The molecule has 0 bridgehead atoms. The molecule has 4 saturated heterocycles. The van der Waals surface area contributed by atoms with E-state index in [-0.39, 0.29) is 0 Å². The fourth-order valence-corrected chi connectivity index (χ4v) is 5.41. The first kappa shape index (κ1) is 37.0. The maximum Gasteiger partial charge on any atom is 0.187 e. The summed E-state index contributed by atoms with van der Waals surface area (Å²) in [5.41, 5.74) is 0. The average Bonchev–Trinajstić information content (AvgIpc) is 3.03. The summed E-state index contributed by atoms with van der Waals surface area (Å²) in [4.78, 5) is 0. The van der Waals surface area contributed by atoms with E-state index in [0.29, 0.717) is 0 Å². The van der Waals surface area contributed by atoms with Crippen molar-refractivity contribution >= 4 is 0 Å². The van der Waals surface area contributed by atoms with Gasteiger partial charge in [0.1, 0.15) is 97.7 Å². The van der Waals surface area contributed by atoms with E-state index in [9.17, 15) is 71.5 Å². The van der Waals surface area contributed by atoms with Crippen molar-refractivity contribution in [3.8, 4) is 0 Å². The van der Waals surface area contributed by atoms with Gasteiger partial charge in [-0.05, 0) is 0 Å². The summed E-state index contributed by atoms with van der Waals surface area (Å²) in [6.45, 7) is -3.15. The molecule has 21 heteroatoms. The Hall–Kier alpha value is -0.840. The van der Waals surface area contributed by atoms with Crippen molar-refractivity contribution in [3.63, 3.8) is 0 Å². The van der Waals surface area contributed by atoms with Crippen molar-refractivity contribution in [2.45, 2.75) is 123 Å². The van der Waals surface area contributed by atoms with Gasteiger partial charge < -0.3 is 105 Å². The molecule has 0 aromatic heterocycles. The van der Waals surface area contributed by atoms with Crippen molar-refractivity contribution in [2.24, 2.45) is 0 Å². The van der Waals surface area contributed by atoms with E-state index in [1.807, 2.05) is 0 Å². The maximum absolute atomic E-state index is 11.0. The quantitative estimate of drug-likeness (QED) is 0.103. The molecule has 0 amide bonds. The van der Waals surface area contributed by atoms with Gasteiger partial charge in [0, 0.05) is 0 Å². The van der Waals surface area contributed by atoms with E-state index in [4.69, 9.17) is 33.2 Å². The highest BCUT2D eigenvalue weighted by molar-refractivity contribution is 4.97. The van der Waals surface area contributed by atoms with Crippen LogP contribution in [0.5, 0.6) is 0 Å². The Balaban J connectivity index is 1.50. The molecule has 0 radical (unpaired) electrons. The van der Waals surface area contributed by atoms with Gasteiger partial charge >= 0.3 is 0 Å². The summed E-state index contributed by atoms with van der Waals surface area (Å²) >= 11 is 0. The molecule has 0 aromatic carbocycles. The molecule has 4 fully saturated rings. The van der Waals surface area contributed by atoms with Crippen molar-refractivity contribution < 1.29 is 105 Å². The summed E-state index contributed by atoms with van der Waals surface area (Å²) < 4.78 is 37.7. The highest BCUT2D eigenvalue weighted by Gasteiger charge is 2.54. The molecule has 4 aliphatic heterocycles. The van der Waals surface area contributed by atoms with Crippen molar-refractivity contribution in [1.82, 2.24) is 0 Å². The van der Waals surface area contributed by atoms with Gasteiger partial charge in [0.15, 0.2) is 25.2 Å². The average molecular weight is 667 g/mol. The standard InChI is InChI=1S/C24H42O21/c25-1-5-9(28)13(32)16(35)22(41-5)39-4-8-12(31)19(18(37)21(38)40-8)44-24-20(15(34)11(30)7(3-27)43-24)45-23-17(36)14(33)10(29)6(2-26)42-23/h5-38H,1-4H2/t5-,6-,7-,8-,9+,10-,11+,12-,13+,14+,15+,16-,17-,18-,19+,20-,21?,22+,23-,24-/m1/s1. The summed E-state index contributed by atoms with van der Waals surface area (Å²) in [7, 11) is 0. The van der Waals surface area contributed by atoms with Gasteiger partial charge in [-0.25, -0.2) is 0 Å². The van der Waals surface area contributed by atoms with Crippen LogP contribution in [0.3, 0.4) is 0 Å². The number of aliphatic hydroxyl groups is 14. The topological polar surface area (TPSA) is 348 Å². The molecule has 0 aromatic rings. The lowest BCUT2D eigenvalue weighted by molar-refractivity contribution is -0.389. The summed E-state index contributed by atoms with van der Waals surface area (Å²) in [5, 5.41) is 142. The fourth-order valence-electron chi connectivity index (χ4n) is 5.41. The minimum absolute atomic E-state index is 0.704. The Morgan fingerprint density at radius 1 is 0.378 bits per heavy atom. The fraction of sp³-hybridized carbons (Fsp3) is 1.00. The van der Waals surface area contributed by atoms with Gasteiger partial charge in [-0.1, -0.05) is 0 Å². The largest absolute Gasteiger partial charge is 0.394 e. The number of ether oxygens (including phenoxy) is 7. The molecule has 0 aliphatic carbocycles. The third-order valence-corrected chi connectivity index (χ3v) is 8.19. The van der Waals surface area contributed by atoms with E-state index in [0.717, 1.165) is 0 Å². The Kier molecular flexibility index (Phi) is 12.8. The molecule has 1 unspecified atom stereocenters. The van der Waals surface area contributed by atoms with Crippen LogP contribution in [-0.4, -0.2) is 221 Å². The Bertz CT molecular complexity index is 914. The van der Waals surface area contributed by atoms with E-state index >= 15 is 0 Å². The van der Waals surface area contributed by atoms with Crippen molar-refractivity contribution in [1.29, 1.82) is 0 Å². The summed E-state index contributed by atoms with van der Waals surface area (Å²) in [6, 6.07) is 0. The molecule has 0 saturated carbocycles. The molecule has 4 heterocycles. The lowest BCUT2D eigenvalue weighted by Gasteiger charge is -2.48. The van der Waals surface area contributed by atoms with Gasteiger partial charge in [0.2, 0.25) is 0 Å². The first-order valence-corrected chi connectivity index (χ1v) is 14.1. The zero-order chi connectivity index (χ0) is 33.3. The second kappa shape index (κ2) is 15.6. The van der Waals surface area contributed by atoms with Crippen LogP contribution in [0, 0.1) is 0 Å². The first-order valence-electron chi connectivity index (χ1n) is 14.1. The third kappa shape index (κ3) is 7.59. The van der Waals surface area contributed by atoms with Gasteiger partial charge in [-0.3, -0.25) is 0 Å². The predicted molar refractivity (Wildman–Crippen MR) is 134 cm³/mol. The molecular formula is C24H42O21. The monoisotopic (exact) mass is 666 g/mol. The van der Waals surface area contributed by atoms with Gasteiger partial charge in [0.05, 0.1) is 26.4 Å². The second-order valence-corrected chi connectivity index (χ2v) is 11.2. The highest BCUT2D eigenvalue weighted by atomic mass is 16.8. The molecule has 4 rings (SSSR count). The number of hydrogen-bond donors (Lipinski definition) is 14. The normalized spacial score (nSPS) is 52.9. The lowest BCUT2D eigenvalue weighted by atomic mass is 9.96. The van der Waals surface area contributed by atoms with Crippen molar-refractivity contribution in [3.05, 3.63) is 0 Å². The molecule has 45 heavy (non-hydrogen) atoms. The second-order valence-electron chi connectivity index (χ2n) is 11.2. The van der Waals surface area contributed by atoms with Crippen LogP contribution in [-0.2, 0) is 33.2 Å². The molecule has 20 atom stereocenters. The number of aliphatic hydroxyl groups excluding tert-OH is 14. The van der Waals surface area contributed by atoms with Gasteiger partial charge in [-0.2, -0.15) is 0 Å². The SMILES string of the molecule is OC[C@H]1O[C@H](OC[C@H]2OC(O)[C@H](O)[C@@H](O[C@H]3O[C@H](CO)[C@H](O)[C@H](O)[C@H]3O[C@H]3O[C@H](CO)[C@@H](O)[C@H](O)[C@H]3O)[C@@H]2O)[C@H](O)[C@@H](O)[C@H]1O. The van der Waals surface area contributed by atoms with E-state index in [1.165, 1.54) is 0 Å². The molecule has 4 aliphatic rings. The van der Waals surface area contributed by atoms with E-state index in [2.05, 4.69) is 0 Å². The van der Waals surface area contributed by atoms with Crippen LogP contribution >= 0.6 is 0 Å². The van der Waals surface area contributed by atoms with Crippen LogP contribution < -0.4 is 0 Å². The van der Waals surface area contributed by atoms with Crippen LogP contribution in [0.1, 0.15) is 0 Å². The van der Waals surface area contributed by atoms with Crippen LogP contribution in [0.15, 0.2) is 0 Å². The van der Waals surface area contributed by atoms with E-state index < -0.39 is 149 Å². The smallest absolute Gasteiger partial charge is 0.187 e. The summed E-state index contributed by atoms with van der Waals surface area (Å²) in [6.07, 6.45) is -35.7. The zero-order valence-corrected chi connectivity index (χ0v) is 23.5. The van der Waals surface area contributed by atoms with Crippen molar-refractivity contribution in [2.75, 3.05) is 26.4 Å². The molecule has 264 valence electrons. The lowest BCUT2D eigenvalue weighted by Crippen LogP contribution is -2.67. The summed E-state index contributed by atoms with van der Waals surface area (Å²) in [5.74, 6) is 0. The predicted octanol–water partition coefficient (Wildman–Crippen LogP) is -9.75. The Morgan fingerprint density at radius 2 is 0.822 bits per heavy atom. The molecule has 21 nitrogen and oxygen atoms in total. The first-order chi connectivity index (χ1) is 21.2. The zero-order valence-electron chi connectivity index (χ0n) is 23.5. The molecular weight excluding hydrogens is 624 g/mol. The molecule has 0 spiro atoms. The van der Waals surface area contributed by atoms with Crippen LogP contribution in [0.2, 0.25) is 0 Å². The van der Waals surface area contributed by atoms with Crippen LogP contribution in [0.4, 0.5) is 0 Å². The number of rotatable bonds is 10. The molecule has 14 N–H and O–H groups in total. The Labute approximate surface area is 254 Å². The minimum Gasteiger partial charge on any atom is -0.394 e. The van der Waals surface area contributed by atoms with Gasteiger partial charge in [0.25, 0.3) is 0 Å². The minimum atomic E-state index is -2.06. The third-order valence-electron chi connectivity index (χ3n) is 8.19. The Morgan fingerprint density at radius 3 is 1.36 bits per heavy atom. The highest BCUT2D eigenvalue weighted by Crippen LogP contribution is 2.33. The van der Waals surface area contributed by atoms with E-state index in [1.54, 1.807) is 0 Å².